The number of hydrogen-bond donors (Lipinski definition) is 2. The van der Waals surface area contributed by atoms with Crippen molar-refractivity contribution in [3.8, 4) is 5.75 Å². The number of nitrogens with one attached hydrogen (secondary N) is 1. The van der Waals surface area contributed by atoms with Crippen LogP contribution in [0.4, 0.5) is 18.9 Å². The zero-order chi connectivity index (χ0) is 14.6. The van der Waals surface area contributed by atoms with Crippen molar-refractivity contribution in [2.75, 3.05) is 19.0 Å². The smallest absolute Gasteiger partial charge is 0.403 e. The number of benzene rings is 1. The zero-order valence-electron chi connectivity index (χ0n) is 9.79. The average Bonchev–Trinajstić information content (AvgIpc) is 2.29. The van der Waals surface area contributed by atoms with Gasteiger partial charge in [-0.1, -0.05) is 11.6 Å². The standard InChI is InChI=1S/C11H11ClF3NO3/c1-19-9-4-6(2-3-8(9)12)16-5-7(10(17)18)11(13,14)15/h2-4,7,16H,5H2,1H3,(H,17,18). The fraction of sp³-hybridized carbons (Fsp3) is 0.364. The van der Waals surface area contributed by atoms with Crippen molar-refractivity contribution >= 4 is 23.3 Å². The molecule has 0 spiro atoms. The molecule has 0 bridgehead atoms. The first kappa shape index (κ1) is 15.4. The van der Waals surface area contributed by atoms with E-state index < -0.39 is 24.6 Å². The molecule has 19 heavy (non-hydrogen) atoms. The van der Waals surface area contributed by atoms with Gasteiger partial charge in [-0.05, 0) is 12.1 Å². The summed E-state index contributed by atoms with van der Waals surface area (Å²) in [6.45, 7) is -0.774. The van der Waals surface area contributed by atoms with Crippen LogP contribution in [-0.2, 0) is 4.79 Å². The van der Waals surface area contributed by atoms with Gasteiger partial charge < -0.3 is 15.2 Å². The molecule has 0 saturated heterocycles. The Balaban J connectivity index is 2.78. The predicted molar refractivity (Wildman–Crippen MR) is 63.7 cm³/mol. The maximum Gasteiger partial charge on any atom is 0.403 e. The van der Waals surface area contributed by atoms with Crippen molar-refractivity contribution < 1.29 is 27.8 Å². The number of methoxy groups -OCH3 is 1. The van der Waals surface area contributed by atoms with Gasteiger partial charge in [-0.15, -0.1) is 0 Å². The van der Waals surface area contributed by atoms with Crippen LogP contribution in [-0.4, -0.2) is 30.9 Å². The minimum atomic E-state index is -4.81. The summed E-state index contributed by atoms with van der Waals surface area (Å²) in [5, 5.41) is 11.2. The van der Waals surface area contributed by atoms with Gasteiger partial charge in [0.05, 0.1) is 12.1 Å². The summed E-state index contributed by atoms with van der Waals surface area (Å²) in [6.07, 6.45) is -4.81. The molecular weight excluding hydrogens is 287 g/mol. The third-order valence-electron chi connectivity index (χ3n) is 2.35. The Morgan fingerprint density at radius 1 is 1.53 bits per heavy atom. The van der Waals surface area contributed by atoms with Gasteiger partial charge in [0.15, 0.2) is 5.92 Å². The van der Waals surface area contributed by atoms with Gasteiger partial charge in [-0.2, -0.15) is 13.2 Å². The third kappa shape index (κ3) is 4.20. The topological polar surface area (TPSA) is 58.6 Å². The molecule has 4 nitrogen and oxygen atoms in total. The van der Waals surface area contributed by atoms with Gasteiger partial charge in [0.2, 0.25) is 0 Å². The van der Waals surface area contributed by atoms with E-state index in [0.29, 0.717) is 5.02 Å². The Bertz CT molecular complexity index is 465. The molecule has 1 aromatic carbocycles. The van der Waals surface area contributed by atoms with Gasteiger partial charge in [0.25, 0.3) is 0 Å². The molecule has 8 heteroatoms. The molecule has 0 heterocycles. The third-order valence-corrected chi connectivity index (χ3v) is 2.67. The van der Waals surface area contributed by atoms with Crippen LogP contribution in [0.25, 0.3) is 0 Å². The molecular formula is C11H11ClF3NO3. The normalized spacial score (nSPS) is 12.9. The Morgan fingerprint density at radius 3 is 2.63 bits per heavy atom. The lowest BCUT2D eigenvalue weighted by Crippen LogP contribution is -2.36. The Hall–Kier alpha value is -1.63. The molecule has 0 amide bonds. The van der Waals surface area contributed by atoms with Crippen molar-refractivity contribution in [1.29, 1.82) is 0 Å². The van der Waals surface area contributed by atoms with Gasteiger partial charge in [0.1, 0.15) is 5.75 Å². The first-order valence-electron chi connectivity index (χ1n) is 5.12. The second-order valence-electron chi connectivity index (χ2n) is 3.66. The minimum Gasteiger partial charge on any atom is -0.495 e. The Morgan fingerprint density at radius 2 is 2.16 bits per heavy atom. The second kappa shape index (κ2) is 6.01. The molecule has 1 aromatic rings. The molecule has 1 unspecified atom stereocenters. The number of carboxylic acids is 1. The zero-order valence-corrected chi connectivity index (χ0v) is 10.5. The van der Waals surface area contributed by atoms with E-state index in [9.17, 15) is 18.0 Å². The molecule has 0 fully saturated rings. The van der Waals surface area contributed by atoms with Crippen molar-refractivity contribution in [3.05, 3.63) is 23.2 Å². The molecule has 106 valence electrons. The number of alkyl halides is 3. The summed E-state index contributed by atoms with van der Waals surface area (Å²) in [6, 6.07) is 4.25. The van der Waals surface area contributed by atoms with Crippen molar-refractivity contribution in [3.63, 3.8) is 0 Å². The molecule has 0 saturated carbocycles. The van der Waals surface area contributed by atoms with Crippen LogP contribution in [0.3, 0.4) is 0 Å². The maximum absolute atomic E-state index is 12.4. The highest BCUT2D eigenvalue weighted by Crippen LogP contribution is 2.29. The predicted octanol–water partition coefficient (Wildman–Crippen LogP) is 3.02. The molecule has 0 aliphatic carbocycles. The van der Waals surface area contributed by atoms with Crippen molar-refractivity contribution in [2.24, 2.45) is 5.92 Å². The van der Waals surface area contributed by atoms with Crippen LogP contribution in [0, 0.1) is 5.92 Å². The fourth-order valence-electron chi connectivity index (χ4n) is 1.33. The summed E-state index contributed by atoms with van der Waals surface area (Å²) < 4.78 is 42.1. The number of halogens is 4. The molecule has 1 atom stereocenters. The summed E-state index contributed by atoms with van der Waals surface area (Å²) in [4.78, 5) is 10.5. The summed E-state index contributed by atoms with van der Waals surface area (Å²) in [5.74, 6) is -4.12. The highest BCUT2D eigenvalue weighted by Gasteiger charge is 2.44. The first-order valence-corrected chi connectivity index (χ1v) is 5.50. The van der Waals surface area contributed by atoms with E-state index in [1.54, 1.807) is 0 Å². The SMILES string of the molecule is COc1cc(NCC(C(=O)O)C(F)(F)F)ccc1Cl. The van der Waals surface area contributed by atoms with Crippen molar-refractivity contribution in [1.82, 2.24) is 0 Å². The highest BCUT2D eigenvalue weighted by atomic mass is 35.5. The number of ether oxygens (including phenoxy) is 1. The number of anilines is 1. The molecule has 0 aromatic heterocycles. The van der Waals surface area contributed by atoms with Crippen LogP contribution < -0.4 is 10.1 Å². The first-order chi connectivity index (χ1) is 8.75. The number of rotatable bonds is 5. The quantitative estimate of drug-likeness (QED) is 0.877. The van der Waals surface area contributed by atoms with Crippen LogP contribution in [0.15, 0.2) is 18.2 Å². The lowest BCUT2D eigenvalue weighted by Gasteiger charge is -2.17. The van der Waals surface area contributed by atoms with Crippen LogP contribution in [0.2, 0.25) is 5.02 Å². The van der Waals surface area contributed by atoms with E-state index in [2.05, 4.69) is 5.32 Å². The lowest BCUT2D eigenvalue weighted by molar-refractivity contribution is -0.190. The minimum absolute atomic E-state index is 0.283. The van der Waals surface area contributed by atoms with E-state index in [-0.39, 0.29) is 11.4 Å². The van der Waals surface area contributed by atoms with E-state index in [4.69, 9.17) is 21.4 Å². The molecule has 1 rings (SSSR count). The summed E-state index contributed by atoms with van der Waals surface area (Å²) in [5.41, 5.74) is 0.289. The Kier molecular flexibility index (Phi) is 4.88. The highest BCUT2D eigenvalue weighted by molar-refractivity contribution is 6.32. The number of aliphatic carboxylic acids is 1. The molecule has 0 aliphatic heterocycles. The monoisotopic (exact) mass is 297 g/mol. The van der Waals surface area contributed by atoms with Crippen LogP contribution in [0.1, 0.15) is 0 Å². The summed E-state index contributed by atoms with van der Waals surface area (Å²) in [7, 11) is 1.36. The van der Waals surface area contributed by atoms with Gasteiger partial charge >= 0.3 is 12.1 Å². The number of hydrogen-bond acceptors (Lipinski definition) is 3. The van der Waals surface area contributed by atoms with Crippen molar-refractivity contribution in [2.45, 2.75) is 6.18 Å². The summed E-state index contributed by atoms with van der Waals surface area (Å²) >= 11 is 5.76. The maximum atomic E-state index is 12.4. The fourth-order valence-corrected chi connectivity index (χ4v) is 1.53. The largest absolute Gasteiger partial charge is 0.495 e. The molecule has 0 radical (unpaired) electrons. The Labute approximate surface area is 112 Å². The van der Waals surface area contributed by atoms with E-state index in [0.717, 1.165) is 0 Å². The van der Waals surface area contributed by atoms with E-state index in [1.165, 1.54) is 25.3 Å². The van der Waals surface area contributed by atoms with E-state index >= 15 is 0 Å². The van der Waals surface area contributed by atoms with Crippen LogP contribution >= 0.6 is 11.6 Å². The van der Waals surface area contributed by atoms with Gasteiger partial charge in [0, 0.05) is 18.3 Å². The average molecular weight is 298 g/mol. The molecule has 0 aliphatic rings. The van der Waals surface area contributed by atoms with Gasteiger partial charge in [-0.3, -0.25) is 4.79 Å². The van der Waals surface area contributed by atoms with Crippen LogP contribution in [0.5, 0.6) is 5.75 Å². The molecule has 2 N–H and O–H groups in total. The number of carboxylic acid groups (broad SMARTS) is 1. The van der Waals surface area contributed by atoms with Gasteiger partial charge in [-0.25, -0.2) is 0 Å². The van der Waals surface area contributed by atoms with E-state index in [1.807, 2.05) is 0 Å². The second-order valence-corrected chi connectivity index (χ2v) is 4.07. The number of carbonyl (C=O) groups is 1. The lowest BCUT2D eigenvalue weighted by atomic mass is 10.1.